The quantitative estimate of drug-likeness (QED) is 0.113. The minimum atomic E-state index is 0. The van der Waals surface area contributed by atoms with Crippen LogP contribution in [0.15, 0.2) is 146 Å². The van der Waals surface area contributed by atoms with Crippen molar-refractivity contribution in [3.63, 3.8) is 0 Å². The third kappa shape index (κ3) is 17.1. The van der Waals surface area contributed by atoms with Gasteiger partial charge in [-0.3, -0.25) is 0 Å². The van der Waals surface area contributed by atoms with Gasteiger partial charge in [-0.15, -0.1) is 162 Å². The van der Waals surface area contributed by atoms with E-state index in [-0.39, 0.29) is 77.2 Å². The summed E-state index contributed by atoms with van der Waals surface area (Å²) in [4.78, 5) is 0. The topological polar surface area (TPSA) is 0 Å². The van der Waals surface area contributed by atoms with Gasteiger partial charge in [-0.2, -0.15) is 24.3 Å². The average Bonchev–Trinajstić information content (AvgIpc) is 3.80. The fraction of sp³-hybridized carbons (Fsp3) is 0.182. The Balaban J connectivity index is 0. The van der Waals surface area contributed by atoms with Crippen molar-refractivity contribution in [1.82, 2.24) is 0 Å². The van der Waals surface area contributed by atoms with Crippen LogP contribution < -0.4 is 24.8 Å². The first kappa shape index (κ1) is 50.2. The summed E-state index contributed by atoms with van der Waals surface area (Å²) in [6.07, 6.45) is 0. The molecule has 254 valence electrons. The van der Waals surface area contributed by atoms with E-state index in [0.717, 1.165) is 19.0 Å². The van der Waals surface area contributed by atoms with Gasteiger partial charge in [0.05, 0.1) is 0 Å². The monoisotopic (exact) mass is 882 g/mol. The minimum absolute atomic E-state index is 0. The summed E-state index contributed by atoms with van der Waals surface area (Å²) in [5, 5.41) is 10.8. The molecular weight excluding hydrogens is 838 g/mol. The van der Waals surface area contributed by atoms with Gasteiger partial charge in [0.15, 0.2) is 0 Å². The van der Waals surface area contributed by atoms with E-state index in [1.165, 1.54) is 65.3 Å². The minimum Gasteiger partial charge on any atom is -1.00 e. The number of fused-ring (bicyclic) bond motifs is 4. The van der Waals surface area contributed by atoms with Gasteiger partial charge < -0.3 is 24.8 Å². The second-order valence-corrected chi connectivity index (χ2v) is 13.6. The van der Waals surface area contributed by atoms with Gasteiger partial charge in [0.25, 0.3) is 0 Å². The fourth-order valence-corrected chi connectivity index (χ4v) is 5.22. The van der Waals surface area contributed by atoms with Gasteiger partial charge >= 0.3 is 52.4 Å². The molecule has 50 heavy (non-hydrogen) atoms. The fourth-order valence-electron chi connectivity index (χ4n) is 5.22. The second-order valence-electron chi connectivity index (χ2n) is 11.6. The first-order chi connectivity index (χ1) is 22.3. The third-order valence-electron chi connectivity index (χ3n) is 7.05. The van der Waals surface area contributed by atoms with Crippen LogP contribution in [0.25, 0.3) is 43.1 Å². The van der Waals surface area contributed by atoms with E-state index in [1.807, 2.05) is 0 Å². The maximum atomic E-state index is 2.20. The molecule has 0 aromatic heterocycles. The predicted octanol–water partition coefficient (Wildman–Crippen LogP) is 7.05. The second kappa shape index (κ2) is 27.7. The van der Waals surface area contributed by atoms with Gasteiger partial charge in [-0.25, -0.2) is 0 Å². The standard InChI is InChI=1S/4C10H9.2C2H6Si.2ClH.2Zr/c4*1-8-6-9-4-2-3-5-10(9)7-8;2*1-3-2;;;;/h4*2-7H,1H3;2*1-2H3;2*1H;;/q4*-1;;;;;2*+3/p-2. The molecule has 0 aliphatic rings. The Morgan fingerprint density at radius 1 is 0.340 bits per heavy atom. The van der Waals surface area contributed by atoms with Gasteiger partial charge in [-0.05, 0) is 0 Å². The molecule has 0 N–H and O–H groups in total. The average molecular weight is 886 g/mol. The number of rotatable bonds is 0. The summed E-state index contributed by atoms with van der Waals surface area (Å²) in [6, 6.07) is 51.3. The Hall–Kier alpha value is -1.90. The van der Waals surface area contributed by atoms with E-state index >= 15 is 0 Å². The maximum absolute atomic E-state index is 2.20. The first-order valence-electron chi connectivity index (χ1n) is 15.9. The van der Waals surface area contributed by atoms with Crippen LogP contribution in [-0.4, -0.2) is 19.0 Å². The molecule has 0 atom stereocenters. The molecule has 6 radical (unpaired) electrons. The van der Waals surface area contributed by atoms with Crippen molar-refractivity contribution in [2.75, 3.05) is 0 Å². The number of aryl methyl sites for hydroxylation is 4. The predicted molar refractivity (Wildman–Crippen MR) is 212 cm³/mol. The number of halogens is 2. The third-order valence-corrected chi connectivity index (χ3v) is 7.05. The number of benzene rings is 4. The summed E-state index contributed by atoms with van der Waals surface area (Å²) in [7, 11) is 2.17. The van der Waals surface area contributed by atoms with Crippen molar-refractivity contribution in [2.24, 2.45) is 0 Å². The van der Waals surface area contributed by atoms with Crippen LogP contribution in [0, 0.1) is 27.7 Å². The van der Waals surface area contributed by atoms with E-state index in [1.54, 1.807) is 0 Å². The molecule has 0 bridgehead atoms. The Morgan fingerprint density at radius 3 is 0.660 bits per heavy atom. The van der Waals surface area contributed by atoms with Crippen molar-refractivity contribution in [3.8, 4) is 0 Å². The summed E-state index contributed by atoms with van der Waals surface area (Å²) in [5.74, 6) is 0. The molecule has 8 aromatic carbocycles. The SMILES string of the molecule is C[Si]C.C[Si]C.Cc1cc2ccccc2[cH-]1.Cc1cc2ccccc2[cH-]1.Cc1cc2ccccc2[cH-]1.Cc1cc2ccccc2[cH-]1.[Cl-].[Cl-].[Zr+3].[Zr+3]. The van der Waals surface area contributed by atoms with Crippen LogP contribution in [0.3, 0.4) is 0 Å². The van der Waals surface area contributed by atoms with E-state index in [2.05, 4.69) is 199 Å². The molecule has 0 saturated heterocycles. The zero-order valence-corrected chi connectivity index (χ0v) is 39.0. The molecule has 0 unspecified atom stereocenters. The smallest absolute Gasteiger partial charge is 1.00 e. The van der Waals surface area contributed by atoms with Crippen molar-refractivity contribution < 1.29 is 77.2 Å². The number of hydrogen-bond donors (Lipinski definition) is 0. The van der Waals surface area contributed by atoms with Crippen molar-refractivity contribution in [3.05, 3.63) is 168 Å². The summed E-state index contributed by atoms with van der Waals surface area (Å²) in [6.45, 7) is 17.1. The zero-order chi connectivity index (χ0) is 33.3. The Labute approximate surface area is 357 Å². The maximum Gasteiger partial charge on any atom is 3.00 e. The number of hydrogen-bond acceptors (Lipinski definition) is 0. The molecule has 0 fully saturated rings. The Kier molecular flexibility index (Phi) is 27.8. The van der Waals surface area contributed by atoms with Crippen molar-refractivity contribution >= 4 is 62.1 Å². The Bertz CT molecular complexity index is 1590. The normalized spacial score (nSPS) is 9.12. The van der Waals surface area contributed by atoms with Gasteiger partial charge in [-0.1, -0.05) is 78.1 Å². The van der Waals surface area contributed by atoms with E-state index in [9.17, 15) is 0 Å². The molecule has 0 heterocycles. The molecule has 0 spiro atoms. The van der Waals surface area contributed by atoms with E-state index in [0.29, 0.717) is 0 Å². The van der Waals surface area contributed by atoms with Crippen LogP contribution >= 0.6 is 0 Å². The van der Waals surface area contributed by atoms with Gasteiger partial charge in [0.1, 0.15) is 0 Å². The largest absolute Gasteiger partial charge is 3.00 e. The van der Waals surface area contributed by atoms with E-state index in [4.69, 9.17) is 0 Å². The molecule has 6 heteroatoms. The van der Waals surface area contributed by atoms with Gasteiger partial charge in [0.2, 0.25) is 0 Å². The Morgan fingerprint density at radius 2 is 0.500 bits per heavy atom. The first-order valence-corrected chi connectivity index (χ1v) is 19.9. The van der Waals surface area contributed by atoms with Crippen LogP contribution in [-0.2, 0) is 52.4 Å². The van der Waals surface area contributed by atoms with Crippen molar-refractivity contribution in [1.29, 1.82) is 0 Å². The molecule has 0 aliphatic carbocycles. The molecule has 0 amide bonds. The van der Waals surface area contributed by atoms with Crippen LogP contribution in [0.2, 0.25) is 26.2 Å². The van der Waals surface area contributed by atoms with Crippen LogP contribution in [0.4, 0.5) is 0 Å². The molecule has 0 saturated carbocycles. The molecule has 0 nitrogen and oxygen atoms in total. The zero-order valence-electron chi connectivity index (χ0n) is 30.6. The molecule has 8 rings (SSSR count). The van der Waals surface area contributed by atoms with Gasteiger partial charge in [0, 0.05) is 19.0 Å². The molecular formula is C44H48Cl2Si2Zr2. The summed E-state index contributed by atoms with van der Waals surface area (Å²) in [5.41, 5.74) is 5.39. The molecule has 8 aromatic rings. The van der Waals surface area contributed by atoms with Crippen LogP contribution in [0.5, 0.6) is 0 Å². The van der Waals surface area contributed by atoms with Crippen LogP contribution in [0.1, 0.15) is 22.3 Å². The summed E-state index contributed by atoms with van der Waals surface area (Å²) >= 11 is 0. The van der Waals surface area contributed by atoms with E-state index < -0.39 is 0 Å². The molecule has 0 aliphatic heterocycles. The summed E-state index contributed by atoms with van der Waals surface area (Å²) < 4.78 is 0. The van der Waals surface area contributed by atoms with Crippen molar-refractivity contribution in [2.45, 2.75) is 53.9 Å².